The van der Waals surface area contributed by atoms with Crippen LogP contribution in [0.4, 0.5) is 0 Å². The summed E-state index contributed by atoms with van der Waals surface area (Å²) in [5.41, 5.74) is 5.13. The molecule has 0 radical (unpaired) electrons. The van der Waals surface area contributed by atoms with Crippen LogP contribution in [0.15, 0.2) is 28.9 Å². The van der Waals surface area contributed by atoms with Gasteiger partial charge < -0.3 is 14.0 Å². The monoisotopic (exact) mass is 435 g/mol. The van der Waals surface area contributed by atoms with Gasteiger partial charge in [-0.15, -0.1) is 0 Å². The zero-order valence-corrected chi connectivity index (χ0v) is 19.5. The number of amides is 1. The summed E-state index contributed by atoms with van der Waals surface area (Å²) in [6, 6.07) is 5.82. The van der Waals surface area contributed by atoms with Crippen LogP contribution in [-0.4, -0.2) is 43.8 Å². The molecule has 7 nitrogen and oxygen atoms in total. The Balaban J connectivity index is 1.25. The van der Waals surface area contributed by atoms with Crippen molar-refractivity contribution >= 4 is 5.91 Å². The van der Waals surface area contributed by atoms with Crippen molar-refractivity contribution in [3.05, 3.63) is 47.1 Å². The Morgan fingerprint density at radius 2 is 2.00 bits per heavy atom. The molecule has 5 rings (SSSR count). The number of aromatic nitrogens is 4. The molecule has 0 aromatic carbocycles. The Labute approximate surface area is 189 Å². The molecule has 2 aliphatic rings. The van der Waals surface area contributed by atoms with E-state index in [9.17, 15) is 4.79 Å². The number of hydrogen-bond donors (Lipinski definition) is 1. The smallest absolute Gasteiger partial charge is 0.271 e. The topological polar surface area (TPSA) is 80.0 Å². The van der Waals surface area contributed by atoms with Gasteiger partial charge in [-0.25, -0.2) is 0 Å². The van der Waals surface area contributed by atoms with Crippen molar-refractivity contribution in [3.63, 3.8) is 0 Å². The molecule has 3 aromatic rings. The maximum absolute atomic E-state index is 13.1. The lowest BCUT2D eigenvalue weighted by molar-refractivity contribution is 0.0699. The molecule has 1 aliphatic carbocycles. The lowest BCUT2D eigenvalue weighted by Gasteiger charge is -2.34. The Bertz CT molecular complexity index is 1110. The second kappa shape index (κ2) is 7.94. The minimum absolute atomic E-state index is 0.0174. The Kier molecular flexibility index (Phi) is 5.22. The van der Waals surface area contributed by atoms with Gasteiger partial charge in [-0.3, -0.25) is 9.89 Å². The number of likely N-dealkylation sites (tertiary alicyclic amines) is 1. The van der Waals surface area contributed by atoms with Gasteiger partial charge in [-0.2, -0.15) is 5.10 Å². The average molecular weight is 436 g/mol. The van der Waals surface area contributed by atoms with Crippen LogP contribution >= 0.6 is 0 Å². The van der Waals surface area contributed by atoms with Crippen molar-refractivity contribution in [1.29, 1.82) is 0 Å². The average Bonchev–Trinajstić information content (AvgIpc) is 3.51. The number of rotatable bonds is 3. The Morgan fingerprint density at radius 3 is 2.69 bits per heavy atom. The zero-order chi connectivity index (χ0) is 22.5. The van der Waals surface area contributed by atoms with E-state index < -0.39 is 0 Å². The van der Waals surface area contributed by atoms with Gasteiger partial charge in [0.15, 0.2) is 0 Å². The molecule has 1 atom stereocenters. The number of fused-ring (bicyclic) bond motifs is 1. The predicted molar refractivity (Wildman–Crippen MR) is 122 cm³/mol. The zero-order valence-electron chi connectivity index (χ0n) is 19.5. The number of carbonyl (C=O) groups excluding carboxylic acids is 1. The van der Waals surface area contributed by atoms with Gasteiger partial charge in [0.05, 0.1) is 11.4 Å². The fourth-order valence-corrected chi connectivity index (χ4v) is 5.30. The van der Waals surface area contributed by atoms with Crippen LogP contribution in [0.25, 0.3) is 11.4 Å². The summed E-state index contributed by atoms with van der Waals surface area (Å²) < 4.78 is 7.88. The van der Waals surface area contributed by atoms with E-state index in [0.717, 1.165) is 61.6 Å². The number of piperidine rings is 1. The van der Waals surface area contributed by atoms with Crippen LogP contribution in [0.5, 0.6) is 0 Å². The molecule has 32 heavy (non-hydrogen) atoms. The second-order valence-electron chi connectivity index (χ2n) is 10.5. The van der Waals surface area contributed by atoms with Gasteiger partial charge in [-0.1, -0.05) is 25.9 Å². The molecular formula is C25H33N5O2. The number of hydrogen-bond acceptors (Lipinski definition) is 4. The highest BCUT2D eigenvalue weighted by Crippen LogP contribution is 2.41. The summed E-state index contributed by atoms with van der Waals surface area (Å²) in [5.74, 6) is 2.10. The van der Waals surface area contributed by atoms with Crippen LogP contribution in [0.2, 0.25) is 0 Å². The molecule has 1 fully saturated rings. The lowest BCUT2D eigenvalue weighted by Crippen LogP contribution is -2.38. The SMILES string of the molecule is Cn1cccc1-c1cc(C(=O)N2CCC(c3onc4c3C[C@@H](C(C)(C)C)CC4)CC2)[nH]n1. The number of aromatic amines is 1. The molecular weight excluding hydrogens is 402 g/mol. The van der Waals surface area contributed by atoms with Gasteiger partial charge in [0.1, 0.15) is 17.1 Å². The minimum Gasteiger partial charge on any atom is -0.361 e. The van der Waals surface area contributed by atoms with E-state index in [1.54, 1.807) is 0 Å². The highest BCUT2D eigenvalue weighted by atomic mass is 16.5. The number of nitrogens with one attached hydrogen (secondary N) is 1. The molecule has 7 heteroatoms. The van der Waals surface area contributed by atoms with Gasteiger partial charge in [-0.05, 0) is 61.6 Å². The second-order valence-corrected chi connectivity index (χ2v) is 10.5. The van der Waals surface area contributed by atoms with Crippen molar-refractivity contribution in [1.82, 2.24) is 24.8 Å². The third-order valence-electron chi connectivity index (χ3n) is 7.47. The first-order chi connectivity index (χ1) is 15.3. The summed E-state index contributed by atoms with van der Waals surface area (Å²) in [6.07, 6.45) is 7.06. The molecule has 0 bridgehead atoms. The largest absolute Gasteiger partial charge is 0.361 e. The first-order valence-corrected chi connectivity index (χ1v) is 11.7. The standard InChI is InChI=1S/C25H33N5O2/c1-25(2,3)17-7-8-19-18(14-17)23(32-28-19)16-9-12-30(13-10-16)24(31)21-15-20(26-27-21)22-6-5-11-29(22)4/h5-6,11,15-17H,7-10,12-14H2,1-4H3,(H,26,27)/t17-/m0/s1. The Morgan fingerprint density at radius 1 is 1.22 bits per heavy atom. The predicted octanol–water partition coefficient (Wildman–Crippen LogP) is 4.57. The molecule has 1 N–H and O–H groups in total. The van der Waals surface area contributed by atoms with Crippen molar-refractivity contribution in [2.24, 2.45) is 18.4 Å². The highest BCUT2D eigenvalue weighted by molar-refractivity contribution is 5.93. The number of nitrogens with zero attached hydrogens (tertiary/aromatic N) is 4. The summed E-state index contributed by atoms with van der Waals surface area (Å²) in [4.78, 5) is 15.0. The van der Waals surface area contributed by atoms with E-state index in [4.69, 9.17) is 4.52 Å². The van der Waals surface area contributed by atoms with Crippen molar-refractivity contribution < 1.29 is 9.32 Å². The molecule has 1 saturated heterocycles. The molecule has 170 valence electrons. The van der Waals surface area contributed by atoms with Crippen molar-refractivity contribution in [3.8, 4) is 11.4 Å². The maximum atomic E-state index is 13.1. The summed E-state index contributed by atoms with van der Waals surface area (Å²) >= 11 is 0. The maximum Gasteiger partial charge on any atom is 0.271 e. The fourth-order valence-electron chi connectivity index (χ4n) is 5.30. The molecule has 4 heterocycles. The third-order valence-corrected chi connectivity index (χ3v) is 7.47. The quantitative estimate of drug-likeness (QED) is 0.653. The lowest BCUT2D eigenvalue weighted by atomic mass is 9.71. The molecule has 0 saturated carbocycles. The van der Waals surface area contributed by atoms with E-state index in [2.05, 4.69) is 36.1 Å². The first-order valence-electron chi connectivity index (χ1n) is 11.7. The van der Waals surface area contributed by atoms with Crippen molar-refractivity contribution in [2.75, 3.05) is 13.1 Å². The Hall–Kier alpha value is -2.83. The van der Waals surface area contributed by atoms with Crippen LogP contribution < -0.4 is 0 Å². The summed E-state index contributed by atoms with van der Waals surface area (Å²) in [6.45, 7) is 8.44. The van der Waals surface area contributed by atoms with Gasteiger partial charge in [0.2, 0.25) is 0 Å². The molecule has 3 aromatic heterocycles. The summed E-state index contributed by atoms with van der Waals surface area (Å²) in [5, 5.41) is 11.7. The van der Waals surface area contributed by atoms with Crippen LogP contribution in [0.1, 0.15) is 73.5 Å². The first kappa shape index (κ1) is 21.0. The summed E-state index contributed by atoms with van der Waals surface area (Å²) in [7, 11) is 1.97. The van der Waals surface area contributed by atoms with Crippen LogP contribution in [-0.2, 0) is 19.9 Å². The van der Waals surface area contributed by atoms with Crippen LogP contribution in [0.3, 0.4) is 0 Å². The third kappa shape index (κ3) is 3.78. The van der Waals surface area contributed by atoms with E-state index >= 15 is 0 Å². The number of H-pyrrole nitrogens is 1. The molecule has 0 unspecified atom stereocenters. The van der Waals surface area contributed by atoms with Gasteiger partial charge in [0.25, 0.3) is 5.91 Å². The van der Waals surface area contributed by atoms with E-state index in [0.29, 0.717) is 22.9 Å². The van der Waals surface area contributed by atoms with Gasteiger partial charge >= 0.3 is 0 Å². The fraction of sp³-hybridized carbons (Fsp3) is 0.560. The minimum atomic E-state index is 0.0174. The normalized spacial score (nSPS) is 19.9. The number of carbonyl (C=O) groups is 1. The number of aryl methyl sites for hydroxylation is 2. The van der Waals surface area contributed by atoms with E-state index in [-0.39, 0.29) is 5.91 Å². The molecule has 0 spiro atoms. The molecule has 1 aliphatic heterocycles. The molecule has 1 amide bonds. The van der Waals surface area contributed by atoms with E-state index in [1.165, 1.54) is 12.0 Å². The van der Waals surface area contributed by atoms with Crippen molar-refractivity contribution in [2.45, 2.75) is 58.8 Å². The van der Waals surface area contributed by atoms with Crippen LogP contribution in [0, 0.1) is 11.3 Å². The van der Waals surface area contributed by atoms with Gasteiger partial charge in [0, 0.05) is 37.8 Å². The highest BCUT2D eigenvalue weighted by Gasteiger charge is 2.36. The van der Waals surface area contributed by atoms with E-state index in [1.807, 2.05) is 40.9 Å².